The second-order valence-corrected chi connectivity index (χ2v) is 7.24. The van der Waals surface area contributed by atoms with Crippen LogP contribution < -0.4 is 5.73 Å². The molecule has 0 aliphatic carbocycles. The Bertz CT molecular complexity index is 601. The number of hydrogen-bond acceptors (Lipinski definition) is 3. The Labute approximate surface area is 121 Å². The fraction of sp³-hybridized carbons (Fsp3) is 0.538. The van der Waals surface area contributed by atoms with Crippen molar-refractivity contribution in [3.63, 3.8) is 0 Å². The number of nitrogens with two attached hydrogens (primary N) is 1. The van der Waals surface area contributed by atoms with Crippen LogP contribution in [0.15, 0.2) is 23.1 Å². The highest BCUT2D eigenvalue weighted by Gasteiger charge is 2.43. The third-order valence-corrected chi connectivity index (χ3v) is 5.50. The lowest BCUT2D eigenvalue weighted by atomic mass is 9.98. The summed E-state index contributed by atoms with van der Waals surface area (Å²) in [6.45, 7) is 1.46. The molecule has 1 aromatic rings. The maximum absolute atomic E-state index is 12.6. The molecule has 0 radical (unpaired) electrons. The quantitative estimate of drug-likeness (QED) is 0.851. The van der Waals surface area contributed by atoms with Gasteiger partial charge < -0.3 is 5.73 Å². The molecule has 0 saturated carbocycles. The summed E-state index contributed by atoms with van der Waals surface area (Å²) < 4.78 is 63.8. The number of aryl methyl sites for hydroxylation is 1. The van der Waals surface area contributed by atoms with E-state index in [-0.39, 0.29) is 30.8 Å². The first-order chi connectivity index (χ1) is 9.60. The van der Waals surface area contributed by atoms with E-state index in [2.05, 4.69) is 0 Å². The van der Waals surface area contributed by atoms with Crippen LogP contribution in [-0.2, 0) is 10.0 Å². The van der Waals surface area contributed by atoms with E-state index in [9.17, 15) is 21.6 Å². The van der Waals surface area contributed by atoms with Crippen LogP contribution in [0.3, 0.4) is 0 Å². The van der Waals surface area contributed by atoms with Crippen LogP contribution in [0.4, 0.5) is 18.9 Å². The van der Waals surface area contributed by atoms with E-state index in [0.29, 0.717) is 11.3 Å². The summed E-state index contributed by atoms with van der Waals surface area (Å²) >= 11 is 0. The van der Waals surface area contributed by atoms with Gasteiger partial charge in [0.25, 0.3) is 0 Å². The van der Waals surface area contributed by atoms with E-state index in [1.54, 1.807) is 13.0 Å². The Kier molecular flexibility index (Phi) is 4.21. The van der Waals surface area contributed by atoms with Gasteiger partial charge in [-0.05, 0) is 43.5 Å². The van der Waals surface area contributed by atoms with Crippen LogP contribution >= 0.6 is 0 Å². The summed E-state index contributed by atoms with van der Waals surface area (Å²) in [7, 11) is -3.79. The zero-order chi connectivity index (χ0) is 15.8. The SMILES string of the molecule is Cc1cc(N)cc(S(=O)(=O)N2CCC(C(F)(F)F)CC2)c1. The third kappa shape index (κ3) is 3.49. The van der Waals surface area contributed by atoms with Crippen LogP contribution in [0.1, 0.15) is 18.4 Å². The number of alkyl halides is 3. The van der Waals surface area contributed by atoms with Crippen LogP contribution in [0.5, 0.6) is 0 Å². The first-order valence-electron chi connectivity index (χ1n) is 6.55. The van der Waals surface area contributed by atoms with Crippen molar-refractivity contribution in [2.75, 3.05) is 18.8 Å². The van der Waals surface area contributed by atoms with Gasteiger partial charge in [0.2, 0.25) is 10.0 Å². The van der Waals surface area contributed by atoms with Gasteiger partial charge in [-0.2, -0.15) is 17.5 Å². The molecule has 118 valence electrons. The van der Waals surface area contributed by atoms with Crippen LogP contribution in [-0.4, -0.2) is 32.0 Å². The summed E-state index contributed by atoms with van der Waals surface area (Å²) in [5.41, 5.74) is 6.64. The number of piperidine rings is 1. The van der Waals surface area contributed by atoms with Crippen molar-refractivity contribution >= 4 is 15.7 Å². The van der Waals surface area contributed by atoms with Gasteiger partial charge >= 0.3 is 6.18 Å². The smallest absolute Gasteiger partial charge is 0.391 e. The molecule has 0 spiro atoms. The lowest BCUT2D eigenvalue weighted by molar-refractivity contribution is -0.182. The maximum Gasteiger partial charge on any atom is 0.391 e. The zero-order valence-electron chi connectivity index (χ0n) is 11.5. The number of anilines is 1. The second-order valence-electron chi connectivity index (χ2n) is 5.30. The molecule has 0 atom stereocenters. The van der Waals surface area contributed by atoms with Crippen molar-refractivity contribution in [1.29, 1.82) is 0 Å². The van der Waals surface area contributed by atoms with Crippen molar-refractivity contribution in [1.82, 2.24) is 4.31 Å². The highest BCUT2D eigenvalue weighted by Crippen LogP contribution is 2.35. The number of rotatable bonds is 2. The summed E-state index contributed by atoms with van der Waals surface area (Å²) in [5, 5.41) is 0. The minimum Gasteiger partial charge on any atom is -0.399 e. The molecule has 1 saturated heterocycles. The molecular formula is C13H17F3N2O2S. The summed E-state index contributed by atoms with van der Waals surface area (Å²) in [6, 6.07) is 4.44. The fourth-order valence-electron chi connectivity index (χ4n) is 2.50. The molecule has 1 aromatic carbocycles. The Morgan fingerprint density at radius 2 is 1.76 bits per heavy atom. The molecule has 1 aliphatic rings. The highest BCUT2D eigenvalue weighted by atomic mass is 32.2. The van der Waals surface area contributed by atoms with Crippen molar-refractivity contribution in [2.45, 2.75) is 30.8 Å². The molecule has 8 heteroatoms. The predicted molar refractivity (Wildman–Crippen MR) is 73.1 cm³/mol. The van der Waals surface area contributed by atoms with Gasteiger partial charge in [-0.3, -0.25) is 0 Å². The molecule has 0 unspecified atom stereocenters. The molecular weight excluding hydrogens is 305 g/mol. The molecule has 1 fully saturated rings. The molecule has 1 aliphatic heterocycles. The molecule has 4 nitrogen and oxygen atoms in total. The summed E-state index contributed by atoms with van der Waals surface area (Å²) in [5.74, 6) is -1.42. The topological polar surface area (TPSA) is 63.4 Å². The standard InChI is InChI=1S/C13H17F3N2O2S/c1-9-6-11(17)8-12(7-9)21(19,20)18-4-2-10(3-5-18)13(14,15)16/h6-8,10H,2-5,17H2,1H3. The van der Waals surface area contributed by atoms with Gasteiger partial charge in [0, 0.05) is 18.8 Å². The summed E-state index contributed by atoms with van der Waals surface area (Å²) in [6.07, 6.45) is -4.67. The maximum atomic E-state index is 12.6. The fourth-order valence-corrected chi connectivity index (χ4v) is 4.11. The number of nitrogen functional groups attached to an aromatic ring is 1. The highest BCUT2D eigenvalue weighted by molar-refractivity contribution is 7.89. The molecule has 1 heterocycles. The normalized spacial score (nSPS) is 18.9. The van der Waals surface area contributed by atoms with Crippen molar-refractivity contribution in [3.05, 3.63) is 23.8 Å². The van der Waals surface area contributed by atoms with E-state index < -0.39 is 22.1 Å². The Morgan fingerprint density at radius 1 is 1.19 bits per heavy atom. The number of nitrogens with zero attached hydrogens (tertiary/aromatic N) is 1. The van der Waals surface area contributed by atoms with E-state index in [4.69, 9.17) is 5.73 Å². The minimum atomic E-state index is -4.26. The molecule has 2 rings (SSSR count). The summed E-state index contributed by atoms with van der Waals surface area (Å²) in [4.78, 5) is 0.0328. The lowest BCUT2D eigenvalue weighted by Crippen LogP contribution is -2.42. The van der Waals surface area contributed by atoms with Crippen molar-refractivity contribution in [3.8, 4) is 0 Å². The molecule has 21 heavy (non-hydrogen) atoms. The molecule has 0 aromatic heterocycles. The third-order valence-electron chi connectivity index (χ3n) is 3.63. The first-order valence-corrected chi connectivity index (χ1v) is 7.99. The van der Waals surface area contributed by atoms with Crippen molar-refractivity contribution < 1.29 is 21.6 Å². The molecule has 2 N–H and O–H groups in total. The van der Waals surface area contributed by atoms with Crippen LogP contribution in [0.2, 0.25) is 0 Å². The number of sulfonamides is 1. The monoisotopic (exact) mass is 322 g/mol. The Morgan fingerprint density at radius 3 is 2.24 bits per heavy atom. The number of halogens is 3. The molecule has 0 amide bonds. The Hall–Kier alpha value is -1.28. The average molecular weight is 322 g/mol. The van der Waals surface area contributed by atoms with E-state index in [1.165, 1.54) is 12.1 Å². The predicted octanol–water partition coefficient (Wildman–Crippen LogP) is 2.54. The van der Waals surface area contributed by atoms with Gasteiger partial charge in [0.15, 0.2) is 0 Å². The van der Waals surface area contributed by atoms with E-state index >= 15 is 0 Å². The second kappa shape index (κ2) is 5.49. The van der Waals surface area contributed by atoms with Gasteiger partial charge in [0.05, 0.1) is 10.8 Å². The first kappa shape index (κ1) is 16.1. The van der Waals surface area contributed by atoms with E-state index in [0.717, 1.165) is 4.31 Å². The lowest BCUT2D eigenvalue weighted by Gasteiger charge is -2.32. The largest absolute Gasteiger partial charge is 0.399 e. The zero-order valence-corrected chi connectivity index (χ0v) is 12.3. The molecule has 0 bridgehead atoms. The number of benzene rings is 1. The van der Waals surface area contributed by atoms with Gasteiger partial charge in [-0.25, -0.2) is 8.42 Å². The van der Waals surface area contributed by atoms with Crippen LogP contribution in [0.25, 0.3) is 0 Å². The van der Waals surface area contributed by atoms with E-state index in [1.807, 2.05) is 0 Å². The Balaban J connectivity index is 2.19. The van der Waals surface area contributed by atoms with Crippen LogP contribution in [0, 0.1) is 12.8 Å². The number of hydrogen-bond donors (Lipinski definition) is 1. The average Bonchev–Trinajstić information content (AvgIpc) is 2.36. The van der Waals surface area contributed by atoms with Crippen molar-refractivity contribution in [2.24, 2.45) is 5.92 Å². The minimum absolute atomic E-state index is 0.0328. The van der Waals surface area contributed by atoms with Gasteiger partial charge in [-0.15, -0.1) is 0 Å². The van der Waals surface area contributed by atoms with Gasteiger partial charge in [0.1, 0.15) is 0 Å². The van der Waals surface area contributed by atoms with Gasteiger partial charge in [-0.1, -0.05) is 0 Å².